The monoisotopic (exact) mass is 754 g/mol. The van der Waals surface area contributed by atoms with Crippen molar-refractivity contribution in [2.75, 3.05) is 0 Å². The van der Waals surface area contributed by atoms with Crippen molar-refractivity contribution in [1.29, 1.82) is 0 Å². The molecule has 1 fully saturated rings. The first-order chi connectivity index (χ1) is 18.4. The molecule has 2 aromatic rings. The molecule has 0 unspecified atom stereocenters. The molecule has 0 N–H and O–H groups in total. The second-order valence-corrected chi connectivity index (χ2v) is 15.8. The molecular formula is C26H26F11IO3S. The van der Waals surface area contributed by atoms with Crippen molar-refractivity contribution in [1.82, 2.24) is 0 Å². The molecule has 2 aromatic carbocycles. The maximum atomic E-state index is 13.3. The Hall–Kier alpha value is -1.69. The lowest BCUT2D eigenvalue weighted by atomic mass is 9.81. The Labute approximate surface area is 245 Å². The van der Waals surface area contributed by atoms with Crippen LogP contribution in [0, 0.1) is 7.14 Å². The Morgan fingerprint density at radius 1 is 0.548 bits per heavy atom. The van der Waals surface area contributed by atoms with E-state index in [9.17, 15) is 61.3 Å². The standard InChI is InChI=1S/C20H26I.C6HF11O3S/c1-19(2,3)15-11-7-9-13-17(15)21-18-14-10-8-12-16(18)20(4,5)6;7-1(8)2(9,10)4(13,14)6(17,21(18,19)20)5(15,16)3(1,11)12/h7-14H,1-6H3;(H,18,19,20)/q+1;/p-1. The van der Waals surface area contributed by atoms with E-state index in [-0.39, 0.29) is 32.0 Å². The van der Waals surface area contributed by atoms with E-state index in [1.807, 2.05) is 0 Å². The van der Waals surface area contributed by atoms with Gasteiger partial charge in [0.1, 0.15) is 10.1 Å². The Bertz CT molecular complexity index is 1330. The van der Waals surface area contributed by atoms with E-state index < -0.39 is 44.7 Å². The molecule has 0 heterocycles. The van der Waals surface area contributed by atoms with Gasteiger partial charge in [-0.15, -0.1) is 0 Å². The van der Waals surface area contributed by atoms with Crippen LogP contribution in [0.3, 0.4) is 0 Å². The van der Waals surface area contributed by atoms with Crippen molar-refractivity contribution >= 4 is 10.1 Å². The Morgan fingerprint density at radius 2 is 0.810 bits per heavy atom. The normalized spacial score (nSPS) is 22.0. The van der Waals surface area contributed by atoms with Gasteiger partial charge >= 0.3 is 55.8 Å². The van der Waals surface area contributed by atoms with Gasteiger partial charge in [0, 0.05) is 11.1 Å². The van der Waals surface area contributed by atoms with Crippen LogP contribution in [0.1, 0.15) is 52.7 Å². The molecule has 16 heteroatoms. The molecule has 3 nitrogen and oxygen atoms in total. The summed E-state index contributed by atoms with van der Waals surface area (Å²) >= 11 is -0.147. The van der Waals surface area contributed by atoms with Crippen LogP contribution in [-0.2, 0) is 20.9 Å². The van der Waals surface area contributed by atoms with Crippen LogP contribution in [0.5, 0.6) is 0 Å². The van der Waals surface area contributed by atoms with Crippen molar-refractivity contribution < 1.29 is 82.5 Å². The van der Waals surface area contributed by atoms with E-state index >= 15 is 0 Å². The maximum absolute atomic E-state index is 13.3. The molecule has 0 spiro atoms. The van der Waals surface area contributed by atoms with Crippen LogP contribution in [-0.4, -0.2) is 47.6 Å². The molecule has 1 saturated carbocycles. The van der Waals surface area contributed by atoms with Crippen molar-refractivity contribution in [3.8, 4) is 0 Å². The summed E-state index contributed by atoms with van der Waals surface area (Å²) in [4.78, 5) is 0. The third kappa shape index (κ3) is 5.41. The molecule has 0 bridgehead atoms. The molecular weight excluding hydrogens is 728 g/mol. The van der Waals surface area contributed by atoms with Gasteiger partial charge in [0.05, 0.1) is 0 Å². The third-order valence-corrected chi connectivity index (χ3v) is 10.5. The van der Waals surface area contributed by atoms with Crippen LogP contribution in [0.25, 0.3) is 0 Å². The first-order valence-electron chi connectivity index (χ1n) is 11.8. The zero-order valence-corrected chi connectivity index (χ0v) is 25.8. The molecule has 0 atom stereocenters. The number of halogens is 12. The average molecular weight is 754 g/mol. The summed E-state index contributed by atoms with van der Waals surface area (Å²) in [5.74, 6) is -38.0. The summed E-state index contributed by atoms with van der Waals surface area (Å²) in [6.07, 6.45) is 0. The number of hydrogen-bond acceptors (Lipinski definition) is 3. The molecule has 238 valence electrons. The second kappa shape index (κ2) is 10.7. The van der Waals surface area contributed by atoms with Gasteiger partial charge in [-0.1, -0.05) is 77.9 Å². The Balaban J connectivity index is 0.000000293. The highest BCUT2D eigenvalue weighted by Gasteiger charge is 3.03. The van der Waals surface area contributed by atoms with Gasteiger partial charge in [0.25, 0.3) is 0 Å². The van der Waals surface area contributed by atoms with Crippen LogP contribution in [0.2, 0.25) is 0 Å². The fourth-order valence-corrected chi connectivity index (χ4v) is 8.76. The lowest BCUT2D eigenvalue weighted by molar-refractivity contribution is -0.599. The minimum atomic E-state index is -7.94. The quantitative estimate of drug-likeness (QED) is 0.258. The van der Waals surface area contributed by atoms with E-state index in [4.69, 9.17) is 0 Å². The van der Waals surface area contributed by atoms with E-state index in [2.05, 4.69) is 90.1 Å². The van der Waals surface area contributed by atoms with Crippen LogP contribution < -0.4 is 21.2 Å². The lowest BCUT2D eigenvalue weighted by Gasteiger charge is -2.52. The highest BCUT2D eigenvalue weighted by molar-refractivity contribution is 7.87. The van der Waals surface area contributed by atoms with Crippen LogP contribution in [0.4, 0.5) is 48.3 Å². The zero-order valence-electron chi connectivity index (χ0n) is 22.8. The average Bonchev–Trinajstić information content (AvgIpc) is 2.81. The van der Waals surface area contributed by atoms with Gasteiger partial charge in [0.15, 0.2) is 7.14 Å². The summed E-state index contributed by atoms with van der Waals surface area (Å²) in [7, 11) is -7.94. The molecule has 0 amide bonds. The van der Waals surface area contributed by atoms with E-state index in [0.717, 1.165) is 0 Å². The SMILES string of the molecule is CC(C)(C)c1ccccc1[I+]c1ccccc1C(C)(C)C.O=S(=O)([O-])C1(F)C(F)(F)C(F)(F)C(F)(F)C(F)(F)C1(F)F. The zero-order chi connectivity index (χ0) is 33.2. The minimum absolute atomic E-state index is 0.147. The molecule has 0 radical (unpaired) electrons. The van der Waals surface area contributed by atoms with Gasteiger partial charge in [-0.2, -0.15) is 43.9 Å². The van der Waals surface area contributed by atoms with Crippen molar-refractivity contribution in [2.45, 2.75) is 87.0 Å². The molecule has 0 aliphatic heterocycles. The first kappa shape index (κ1) is 36.5. The second-order valence-electron chi connectivity index (χ2n) is 11.5. The number of rotatable bonds is 3. The number of hydrogen-bond donors (Lipinski definition) is 0. The maximum Gasteiger partial charge on any atom is 0.384 e. The molecule has 0 aromatic heterocycles. The van der Waals surface area contributed by atoms with E-state index in [0.29, 0.717) is 0 Å². The molecule has 3 rings (SSSR count). The lowest BCUT2D eigenvalue weighted by Crippen LogP contribution is -3.62. The predicted octanol–water partition coefficient (Wildman–Crippen LogP) is 4.80. The summed E-state index contributed by atoms with van der Waals surface area (Å²) in [5, 5.41) is -7.50. The van der Waals surface area contributed by atoms with Gasteiger partial charge in [-0.05, 0) is 23.0 Å². The van der Waals surface area contributed by atoms with Crippen molar-refractivity contribution in [2.24, 2.45) is 0 Å². The Morgan fingerprint density at radius 3 is 1.07 bits per heavy atom. The molecule has 1 aliphatic carbocycles. The molecule has 1 aliphatic rings. The van der Waals surface area contributed by atoms with Crippen LogP contribution >= 0.6 is 0 Å². The Kier molecular flexibility index (Phi) is 9.33. The third-order valence-electron chi connectivity index (χ3n) is 6.30. The van der Waals surface area contributed by atoms with Gasteiger partial charge < -0.3 is 4.55 Å². The van der Waals surface area contributed by atoms with Crippen molar-refractivity contribution in [3.63, 3.8) is 0 Å². The number of alkyl halides is 11. The smallest absolute Gasteiger partial charge is 0.384 e. The fourth-order valence-electron chi connectivity index (χ4n) is 3.92. The first-order valence-corrected chi connectivity index (χ1v) is 15.4. The topological polar surface area (TPSA) is 57.2 Å². The van der Waals surface area contributed by atoms with Gasteiger partial charge in [0.2, 0.25) is 0 Å². The van der Waals surface area contributed by atoms with E-state index in [1.54, 1.807) is 7.14 Å². The van der Waals surface area contributed by atoms with Gasteiger partial charge in [-0.3, -0.25) is 0 Å². The summed E-state index contributed by atoms with van der Waals surface area (Å²) < 4.78 is 174. The summed E-state index contributed by atoms with van der Waals surface area (Å²) in [6, 6.07) is 18.0. The largest absolute Gasteiger partial charge is 0.745 e. The minimum Gasteiger partial charge on any atom is -0.745 e. The van der Waals surface area contributed by atoms with Gasteiger partial charge in [-0.25, -0.2) is 12.8 Å². The summed E-state index contributed by atoms with van der Waals surface area (Å²) in [6.45, 7) is 13.9. The summed E-state index contributed by atoms with van der Waals surface area (Å²) in [5.41, 5.74) is 3.43. The van der Waals surface area contributed by atoms with Crippen molar-refractivity contribution in [3.05, 3.63) is 66.8 Å². The predicted molar refractivity (Wildman–Crippen MR) is 126 cm³/mol. The molecule has 0 saturated heterocycles. The van der Waals surface area contributed by atoms with E-state index in [1.165, 1.54) is 11.1 Å². The number of benzene rings is 2. The highest BCUT2D eigenvalue weighted by Crippen LogP contribution is 2.70. The fraction of sp³-hybridized carbons (Fsp3) is 0.538. The highest BCUT2D eigenvalue weighted by atomic mass is 127. The molecule has 42 heavy (non-hydrogen) atoms. The van der Waals surface area contributed by atoms with Crippen LogP contribution in [0.15, 0.2) is 48.5 Å².